The lowest BCUT2D eigenvalue weighted by Crippen LogP contribution is -2.29. The summed E-state index contributed by atoms with van der Waals surface area (Å²) in [6.45, 7) is 9.35. The van der Waals surface area contributed by atoms with Crippen molar-refractivity contribution in [1.29, 1.82) is 0 Å². The second-order valence-electron chi connectivity index (χ2n) is 20.9. The highest BCUT2D eigenvalue weighted by Crippen LogP contribution is 2.29. The number of amides is 1. The molecular weight excluding hydrogens is 1110 g/mol. The van der Waals surface area contributed by atoms with E-state index in [4.69, 9.17) is 39.6 Å². The van der Waals surface area contributed by atoms with E-state index >= 15 is 0 Å². The van der Waals surface area contributed by atoms with Crippen molar-refractivity contribution in [3.63, 3.8) is 0 Å². The van der Waals surface area contributed by atoms with Gasteiger partial charge in [-0.05, 0) is 166 Å². The van der Waals surface area contributed by atoms with Crippen LogP contribution < -0.4 is 28.3 Å². The third-order valence-electron chi connectivity index (χ3n) is 14.9. The van der Waals surface area contributed by atoms with Gasteiger partial charge in [-0.15, -0.1) is 11.6 Å². The van der Waals surface area contributed by atoms with Crippen LogP contribution in [-0.4, -0.2) is 115 Å². The fraction of sp³-hybridized carbons (Fsp3) is 0.258. The van der Waals surface area contributed by atoms with Crippen molar-refractivity contribution in [2.24, 2.45) is 0 Å². The molecule has 8 aromatic heterocycles. The van der Waals surface area contributed by atoms with Gasteiger partial charge in [-0.1, -0.05) is 55.5 Å². The molecule has 14 N–H and O–H groups in total. The molecule has 0 radical (unpaired) electrons. The molecule has 1 amide bonds. The Hall–Kier alpha value is -9.76. The SMILES string of the molecule is CCN(CCCc1cc2ccc(-c3ccn[nH]3)cc2nc1N)C(C)=O.CCNCCCc1cc2ccc(-c3ccn[nH]3)cc2nc1N.Nc1nc2cc(-c3ccn[nH]3)ccc2cc1CCCCl.Nc1nc2cc(-c3ccn[nH]3)ccc2cc1CCCO. The summed E-state index contributed by atoms with van der Waals surface area (Å²) in [7, 11) is 0. The predicted molar refractivity (Wildman–Crippen MR) is 353 cm³/mol. The van der Waals surface area contributed by atoms with Gasteiger partial charge in [0.2, 0.25) is 5.91 Å². The van der Waals surface area contributed by atoms with Crippen LogP contribution in [-0.2, 0) is 30.5 Å². The lowest BCUT2D eigenvalue weighted by atomic mass is 10.0. The van der Waals surface area contributed by atoms with Crippen LogP contribution >= 0.6 is 11.6 Å². The monoisotopic (exact) mass is 1190 g/mol. The number of carbonyl (C=O) groups excluding carboxylic acids is 1. The van der Waals surface area contributed by atoms with Gasteiger partial charge in [-0.3, -0.25) is 25.2 Å². The molecule has 0 saturated heterocycles. The lowest BCUT2D eigenvalue weighted by molar-refractivity contribution is -0.128. The van der Waals surface area contributed by atoms with Gasteiger partial charge in [0, 0.05) is 101 Å². The quantitative estimate of drug-likeness (QED) is 0.0250. The third kappa shape index (κ3) is 16.4. The molecule has 0 aliphatic heterocycles. The second kappa shape index (κ2) is 30.4. The molecular formula is C66H75ClN18O2. The summed E-state index contributed by atoms with van der Waals surface area (Å²) >= 11 is 5.73. The summed E-state index contributed by atoms with van der Waals surface area (Å²) in [5, 5.41) is 44.2. The predicted octanol–water partition coefficient (Wildman–Crippen LogP) is 11.3. The van der Waals surface area contributed by atoms with Gasteiger partial charge in [0.15, 0.2) is 0 Å². The molecule has 0 fully saturated rings. The third-order valence-corrected chi connectivity index (χ3v) is 15.2. The zero-order chi connectivity index (χ0) is 61.1. The summed E-state index contributed by atoms with van der Waals surface area (Å²) in [5.41, 5.74) is 40.1. The smallest absolute Gasteiger partial charge is 0.219 e. The Bertz CT molecular complexity index is 4010. The number of hydrogen-bond acceptors (Lipinski definition) is 15. The number of nitrogens with one attached hydrogen (secondary N) is 5. The molecule has 0 aliphatic carbocycles. The number of fused-ring (bicyclic) bond motifs is 4. The first kappa shape index (κ1) is 61.8. The van der Waals surface area contributed by atoms with Crippen molar-refractivity contribution in [3.8, 4) is 45.0 Å². The number of nitrogen functional groups attached to an aromatic ring is 4. The molecule has 0 unspecified atom stereocenters. The van der Waals surface area contributed by atoms with E-state index in [1.54, 1.807) is 31.7 Å². The van der Waals surface area contributed by atoms with Crippen molar-refractivity contribution < 1.29 is 9.90 Å². The molecule has 0 aliphatic rings. The van der Waals surface area contributed by atoms with Crippen LogP contribution in [0.2, 0.25) is 0 Å². The normalized spacial score (nSPS) is 11.0. The first-order chi connectivity index (χ1) is 42.4. The standard InChI is InChI=1S/C19H23N5O.C17H21N5.C15H15ClN4.C15H16N4O/c1-3-24(13(2)25)10-4-5-16-11-14-6-7-15(17-8-9-21-23-17)12-18(14)22-19(16)20;1-2-19-8-3-4-14-10-12-5-6-13(15-7-9-20-22-15)11-16(12)21-17(14)18;16-6-1-2-12-8-10-3-4-11(13-5-7-18-20-13)9-14(10)19-15(12)17;16-15-12(2-1-7-20)8-10-3-4-11(9-14(10)18-15)13-5-6-17-19-13/h6-9,11-12H,3-5,10H2,1-2H3,(H2,20,22)(H,21,23);5-7,9-11,19H,2-4,8H2,1H3,(H2,18,21)(H,20,22);3-5,7-9H,1-2,6H2,(H2,17,19)(H,18,20);3-6,8-9,20H,1-2,7H2,(H2,16,18)(H,17,19). The van der Waals surface area contributed by atoms with E-state index < -0.39 is 0 Å². The Morgan fingerprint density at radius 1 is 0.483 bits per heavy atom. The van der Waals surface area contributed by atoms with Crippen LogP contribution in [0.15, 0.2) is 146 Å². The van der Waals surface area contributed by atoms with Gasteiger partial charge in [0.05, 0.1) is 44.8 Å². The van der Waals surface area contributed by atoms with Gasteiger partial charge in [0.1, 0.15) is 23.3 Å². The first-order valence-corrected chi connectivity index (χ1v) is 29.8. The van der Waals surface area contributed by atoms with Crippen LogP contribution in [0.3, 0.4) is 0 Å². The number of nitrogens with zero attached hydrogens (tertiary/aromatic N) is 9. The number of nitrogens with two attached hydrogens (primary N) is 4. The summed E-state index contributed by atoms with van der Waals surface area (Å²) < 4.78 is 0. The van der Waals surface area contributed by atoms with Gasteiger partial charge in [-0.25, -0.2) is 19.9 Å². The van der Waals surface area contributed by atoms with Gasteiger partial charge < -0.3 is 38.3 Å². The van der Waals surface area contributed by atoms with E-state index in [0.29, 0.717) is 35.6 Å². The fourth-order valence-corrected chi connectivity index (χ4v) is 10.3. The number of aromatic amines is 4. The molecule has 20 nitrogen and oxygen atoms in total. The van der Waals surface area contributed by atoms with Crippen molar-refractivity contribution >= 4 is 84.4 Å². The molecule has 0 atom stereocenters. The number of anilines is 4. The molecule has 21 heteroatoms. The summed E-state index contributed by atoms with van der Waals surface area (Å²) in [5.74, 6) is 3.05. The van der Waals surface area contributed by atoms with Gasteiger partial charge >= 0.3 is 0 Å². The number of alkyl halides is 1. The zero-order valence-electron chi connectivity index (χ0n) is 49.3. The second-order valence-corrected chi connectivity index (χ2v) is 21.3. The maximum absolute atomic E-state index is 11.5. The Morgan fingerprint density at radius 2 is 0.816 bits per heavy atom. The number of rotatable bonds is 20. The zero-order valence-corrected chi connectivity index (χ0v) is 50.1. The number of halogens is 1. The number of aromatic nitrogens is 12. The molecule has 4 aromatic carbocycles. The average molecular weight is 1190 g/mol. The first-order valence-electron chi connectivity index (χ1n) is 29.3. The molecule has 448 valence electrons. The minimum atomic E-state index is 0.110. The van der Waals surface area contributed by atoms with Gasteiger partial charge in [0.25, 0.3) is 0 Å². The highest BCUT2D eigenvalue weighted by molar-refractivity contribution is 6.17. The summed E-state index contributed by atoms with van der Waals surface area (Å²) in [6.07, 6.45) is 13.8. The van der Waals surface area contributed by atoms with Crippen LogP contribution in [0.1, 0.15) is 68.7 Å². The highest BCUT2D eigenvalue weighted by Gasteiger charge is 2.13. The van der Waals surface area contributed by atoms with Crippen LogP contribution in [0.4, 0.5) is 23.3 Å². The molecule has 8 heterocycles. The van der Waals surface area contributed by atoms with Crippen LogP contribution in [0, 0.1) is 0 Å². The highest BCUT2D eigenvalue weighted by atomic mass is 35.5. The van der Waals surface area contributed by atoms with Crippen LogP contribution in [0.5, 0.6) is 0 Å². The largest absolute Gasteiger partial charge is 0.396 e. The van der Waals surface area contributed by atoms with E-state index in [2.05, 4.69) is 121 Å². The van der Waals surface area contributed by atoms with Crippen molar-refractivity contribution in [2.45, 2.75) is 72.1 Å². The number of H-pyrrole nitrogens is 4. The van der Waals surface area contributed by atoms with Crippen molar-refractivity contribution in [3.05, 3.63) is 168 Å². The van der Waals surface area contributed by atoms with Gasteiger partial charge in [-0.2, -0.15) is 20.4 Å². The topological polar surface area (TPSA) is 323 Å². The minimum Gasteiger partial charge on any atom is -0.396 e. The molecule has 12 aromatic rings. The number of hydrogen-bond donors (Lipinski definition) is 10. The molecule has 0 spiro atoms. The van der Waals surface area contributed by atoms with E-state index in [0.717, 1.165) is 182 Å². The molecule has 12 rings (SSSR count). The summed E-state index contributed by atoms with van der Waals surface area (Å²) in [4.78, 5) is 31.4. The molecule has 0 saturated carbocycles. The fourth-order valence-electron chi connectivity index (χ4n) is 10.1. The Morgan fingerprint density at radius 3 is 1.10 bits per heavy atom. The Balaban J connectivity index is 0.000000139. The van der Waals surface area contributed by atoms with E-state index in [1.165, 1.54) is 0 Å². The van der Waals surface area contributed by atoms with Crippen molar-refractivity contribution in [2.75, 3.05) is 61.6 Å². The number of aryl methyl sites for hydroxylation is 4. The maximum atomic E-state index is 11.5. The molecule has 0 bridgehead atoms. The Kier molecular flexibility index (Phi) is 21.6. The number of carbonyl (C=O) groups is 1. The number of pyridine rings is 4. The maximum Gasteiger partial charge on any atom is 0.219 e. The van der Waals surface area contributed by atoms with Crippen LogP contribution in [0.25, 0.3) is 88.6 Å². The lowest BCUT2D eigenvalue weighted by Gasteiger charge is -2.18. The minimum absolute atomic E-state index is 0.110. The van der Waals surface area contributed by atoms with Crippen molar-refractivity contribution in [1.82, 2.24) is 70.9 Å². The number of benzene rings is 4. The van der Waals surface area contributed by atoms with E-state index in [1.807, 2.05) is 84.6 Å². The number of aliphatic hydroxyl groups excluding tert-OH is 1. The summed E-state index contributed by atoms with van der Waals surface area (Å²) in [6, 6.07) is 40.6. The molecule has 87 heavy (non-hydrogen) atoms. The Labute approximate surface area is 510 Å². The van der Waals surface area contributed by atoms with E-state index in [9.17, 15) is 4.79 Å². The average Bonchev–Trinajstić information content (AvgIpc) is 3.03. The number of aliphatic hydroxyl groups is 1. The van der Waals surface area contributed by atoms with E-state index in [-0.39, 0.29) is 12.5 Å².